The summed E-state index contributed by atoms with van der Waals surface area (Å²) in [5.74, 6) is -0.670. The first-order valence-electron chi connectivity index (χ1n) is 9.35. The molecule has 1 aromatic heterocycles. The van der Waals surface area contributed by atoms with Crippen molar-refractivity contribution in [2.24, 2.45) is 0 Å². The molecule has 2 aromatic carbocycles. The first-order valence-corrected chi connectivity index (χ1v) is 10.9. The second-order valence-electron chi connectivity index (χ2n) is 7.02. The van der Waals surface area contributed by atoms with Gasteiger partial charge in [-0.25, -0.2) is 12.8 Å². The molecule has 2 heterocycles. The number of aromatic nitrogens is 2. The smallest absolute Gasteiger partial charge is 0.271 e. The van der Waals surface area contributed by atoms with Gasteiger partial charge in [0.2, 0.25) is 0 Å². The maximum atomic E-state index is 13.1. The molecule has 0 atom stereocenters. The predicted molar refractivity (Wildman–Crippen MR) is 107 cm³/mol. The van der Waals surface area contributed by atoms with E-state index in [1.807, 2.05) is 30.3 Å². The fraction of sp³-hybridized carbons (Fsp3) is 0.238. The quantitative estimate of drug-likeness (QED) is 0.666. The number of hydrogen-bond donors (Lipinski definition) is 1. The molecule has 0 aliphatic carbocycles. The number of H-pyrrole nitrogens is 1. The number of hydrogen-bond acceptors (Lipinski definition) is 4. The summed E-state index contributed by atoms with van der Waals surface area (Å²) in [6, 6.07) is 16.1. The number of aromatic amines is 1. The molecule has 0 radical (unpaired) electrons. The van der Waals surface area contributed by atoms with Crippen LogP contribution in [0.5, 0.6) is 0 Å². The van der Waals surface area contributed by atoms with E-state index in [0.717, 1.165) is 17.7 Å². The molecule has 8 heteroatoms. The Balaban J connectivity index is 1.42. The topological polar surface area (TPSA) is 83.1 Å². The van der Waals surface area contributed by atoms with Crippen molar-refractivity contribution in [1.29, 1.82) is 0 Å². The number of nitrogens with one attached hydrogen (secondary N) is 1. The molecule has 1 aliphatic rings. The van der Waals surface area contributed by atoms with Gasteiger partial charge in [-0.3, -0.25) is 9.89 Å². The largest absolute Gasteiger partial charge is 0.337 e. The highest BCUT2D eigenvalue weighted by Gasteiger charge is 2.33. The Morgan fingerprint density at radius 2 is 1.69 bits per heavy atom. The summed E-state index contributed by atoms with van der Waals surface area (Å²) in [7, 11) is -3.55. The van der Waals surface area contributed by atoms with Crippen LogP contribution in [0.4, 0.5) is 4.39 Å². The van der Waals surface area contributed by atoms with Crippen LogP contribution in [-0.4, -0.2) is 47.8 Å². The van der Waals surface area contributed by atoms with Gasteiger partial charge in [-0.05, 0) is 43.2 Å². The summed E-state index contributed by atoms with van der Waals surface area (Å²) >= 11 is 0. The zero-order chi connectivity index (χ0) is 20.4. The van der Waals surface area contributed by atoms with E-state index in [9.17, 15) is 17.6 Å². The minimum atomic E-state index is -3.55. The van der Waals surface area contributed by atoms with Crippen LogP contribution in [0.2, 0.25) is 0 Å². The van der Waals surface area contributed by atoms with Crippen LogP contribution in [0.3, 0.4) is 0 Å². The Labute approximate surface area is 168 Å². The SMILES string of the molecule is O=C(c1cc(-c2ccccc2)n[nH]1)N1CCC(S(=O)(=O)c2ccc(F)cc2)CC1. The van der Waals surface area contributed by atoms with Gasteiger partial charge >= 0.3 is 0 Å². The molecule has 29 heavy (non-hydrogen) atoms. The van der Waals surface area contributed by atoms with Gasteiger partial charge in [-0.15, -0.1) is 0 Å². The number of benzene rings is 2. The number of rotatable bonds is 4. The monoisotopic (exact) mass is 413 g/mol. The molecule has 0 bridgehead atoms. The van der Waals surface area contributed by atoms with Crippen LogP contribution in [0.15, 0.2) is 65.6 Å². The van der Waals surface area contributed by atoms with Crippen molar-refractivity contribution >= 4 is 15.7 Å². The van der Waals surface area contributed by atoms with Gasteiger partial charge in [-0.1, -0.05) is 30.3 Å². The highest BCUT2D eigenvalue weighted by Crippen LogP contribution is 2.26. The second-order valence-corrected chi connectivity index (χ2v) is 9.25. The number of piperidine rings is 1. The van der Waals surface area contributed by atoms with Gasteiger partial charge in [-0.2, -0.15) is 5.10 Å². The summed E-state index contributed by atoms with van der Waals surface area (Å²) in [5, 5.41) is 6.40. The van der Waals surface area contributed by atoms with E-state index in [-0.39, 0.29) is 10.8 Å². The number of sulfone groups is 1. The summed E-state index contributed by atoms with van der Waals surface area (Å²) < 4.78 is 38.6. The van der Waals surface area contributed by atoms with E-state index >= 15 is 0 Å². The Bertz CT molecular complexity index is 1100. The number of likely N-dealkylation sites (tertiary alicyclic amines) is 1. The molecular formula is C21H20FN3O3S. The van der Waals surface area contributed by atoms with Gasteiger partial charge in [0.25, 0.3) is 5.91 Å². The van der Waals surface area contributed by atoms with Crippen molar-refractivity contribution in [3.63, 3.8) is 0 Å². The number of nitrogens with zero attached hydrogens (tertiary/aromatic N) is 2. The molecular weight excluding hydrogens is 393 g/mol. The minimum Gasteiger partial charge on any atom is -0.337 e. The van der Waals surface area contributed by atoms with Gasteiger partial charge in [0.05, 0.1) is 15.8 Å². The maximum absolute atomic E-state index is 13.1. The Morgan fingerprint density at radius 1 is 1.03 bits per heavy atom. The van der Waals surface area contributed by atoms with Gasteiger partial charge in [0.1, 0.15) is 11.5 Å². The van der Waals surface area contributed by atoms with Crippen molar-refractivity contribution in [3.05, 3.63) is 72.2 Å². The van der Waals surface area contributed by atoms with Crippen molar-refractivity contribution in [2.75, 3.05) is 13.1 Å². The van der Waals surface area contributed by atoms with Gasteiger partial charge in [0.15, 0.2) is 9.84 Å². The normalized spacial score (nSPS) is 15.4. The average molecular weight is 413 g/mol. The van der Waals surface area contributed by atoms with Gasteiger partial charge in [0, 0.05) is 18.7 Å². The molecule has 0 spiro atoms. The van der Waals surface area contributed by atoms with Gasteiger partial charge < -0.3 is 4.90 Å². The van der Waals surface area contributed by atoms with E-state index < -0.39 is 20.9 Å². The summed E-state index contributed by atoms with van der Waals surface area (Å²) in [4.78, 5) is 14.5. The number of amides is 1. The molecule has 0 saturated carbocycles. The zero-order valence-corrected chi connectivity index (χ0v) is 16.4. The highest BCUT2D eigenvalue weighted by atomic mass is 32.2. The molecule has 1 saturated heterocycles. The van der Waals surface area contributed by atoms with E-state index in [1.54, 1.807) is 11.0 Å². The summed E-state index contributed by atoms with van der Waals surface area (Å²) in [6.45, 7) is 0.674. The van der Waals surface area contributed by atoms with Crippen LogP contribution in [0.1, 0.15) is 23.3 Å². The molecule has 0 unspecified atom stereocenters. The number of halogens is 1. The summed E-state index contributed by atoms with van der Waals surface area (Å²) in [5.41, 5.74) is 1.97. The van der Waals surface area contributed by atoms with Crippen LogP contribution >= 0.6 is 0 Å². The number of carbonyl (C=O) groups excluding carboxylic acids is 1. The van der Waals surface area contributed by atoms with Crippen LogP contribution in [-0.2, 0) is 9.84 Å². The number of carbonyl (C=O) groups is 1. The molecule has 3 aromatic rings. The van der Waals surface area contributed by atoms with Crippen molar-refractivity contribution in [1.82, 2.24) is 15.1 Å². The third kappa shape index (κ3) is 3.93. The molecule has 150 valence electrons. The van der Waals surface area contributed by atoms with Crippen molar-refractivity contribution < 1.29 is 17.6 Å². The standard InChI is InChI=1S/C21H20FN3O3S/c22-16-6-8-17(9-7-16)29(27,28)18-10-12-25(13-11-18)21(26)20-14-19(23-24-20)15-4-2-1-3-5-15/h1-9,14,18H,10-13H2,(H,23,24). The molecule has 1 N–H and O–H groups in total. The lowest BCUT2D eigenvalue weighted by Crippen LogP contribution is -2.42. The van der Waals surface area contributed by atoms with E-state index in [0.29, 0.717) is 37.3 Å². The first-order chi connectivity index (χ1) is 13.9. The fourth-order valence-corrected chi connectivity index (χ4v) is 5.28. The minimum absolute atomic E-state index is 0.116. The lowest BCUT2D eigenvalue weighted by atomic mass is 10.1. The molecule has 1 fully saturated rings. The van der Waals surface area contributed by atoms with Crippen LogP contribution in [0, 0.1) is 5.82 Å². The Kier molecular flexibility index (Phi) is 5.19. The second kappa shape index (κ2) is 7.79. The van der Waals surface area contributed by atoms with Crippen LogP contribution < -0.4 is 0 Å². The molecule has 1 amide bonds. The molecule has 6 nitrogen and oxygen atoms in total. The lowest BCUT2D eigenvalue weighted by Gasteiger charge is -2.31. The third-order valence-electron chi connectivity index (χ3n) is 5.19. The van der Waals surface area contributed by atoms with E-state index in [1.165, 1.54) is 12.1 Å². The van der Waals surface area contributed by atoms with E-state index in [4.69, 9.17) is 0 Å². The Morgan fingerprint density at radius 3 is 2.34 bits per heavy atom. The third-order valence-corrected chi connectivity index (χ3v) is 7.47. The lowest BCUT2D eigenvalue weighted by molar-refractivity contribution is 0.0719. The Hall–Kier alpha value is -3.00. The zero-order valence-electron chi connectivity index (χ0n) is 15.6. The predicted octanol–water partition coefficient (Wildman–Crippen LogP) is 3.29. The first kappa shape index (κ1) is 19.3. The fourth-order valence-electron chi connectivity index (χ4n) is 3.54. The van der Waals surface area contributed by atoms with E-state index in [2.05, 4.69) is 10.2 Å². The van der Waals surface area contributed by atoms with Crippen molar-refractivity contribution in [2.45, 2.75) is 23.0 Å². The average Bonchev–Trinajstić information content (AvgIpc) is 3.24. The highest BCUT2D eigenvalue weighted by molar-refractivity contribution is 7.92. The molecule has 4 rings (SSSR count). The maximum Gasteiger partial charge on any atom is 0.271 e. The van der Waals surface area contributed by atoms with Crippen LogP contribution in [0.25, 0.3) is 11.3 Å². The van der Waals surface area contributed by atoms with Crippen molar-refractivity contribution in [3.8, 4) is 11.3 Å². The summed E-state index contributed by atoms with van der Waals surface area (Å²) in [6.07, 6.45) is 0.677. The molecule has 1 aliphatic heterocycles.